The molecule has 5 nitrogen and oxygen atoms in total. The van der Waals surface area contributed by atoms with Crippen molar-refractivity contribution in [1.29, 1.82) is 0 Å². The summed E-state index contributed by atoms with van der Waals surface area (Å²) in [7, 11) is -3.58. The molecule has 1 saturated carbocycles. The molecule has 1 aromatic rings. The number of hydrogen-bond acceptors (Lipinski definition) is 3. The van der Waals surface area contributed by atoms with Gasteiger partial charge in [0.15, 0.2) is 0 Å². The maximum Gasteiger partial charge on any atom is 0.243 e. The third kappa shape index (κ3) is 3.92. The van der Waals surface area contributed by atoms with E-state index in [-0.39, 0.29) is 29.3 Å². The van der Waals surface area contributed by atoms with Crippen LogP contribution in [0.25, 0.3) is 0 Å². The van der Waals surface area contributed by atoms with Gasteiger partial charge in [-0.15, -0.1) is 0 Å². The number of piperidine rings is 1. The highest BCUT2D eigenvalue weighted by molar-refractivity contribution is 7.89. The summed E-state index contributed by atoms with van der Waals surface area (Å²) in [6, 6.07) is 6.44. The maximum atomic E-state index is 12.8. The molecule has 2 fully saturated rings. The van der Waals surface area contributed by atoms with Crippen molar-refractivity contribution in [3.63, 3.8) is 0 Å². The molecule has 24 heavy (non-hydrogen) atoms. The van der Waals surface area contributed by atoms with E-state index in [1.165, 1.54) is 16.4 Å². The molecule has 7 heteroatoms. The summed E-state index contributed by atoms with van der Waals surface area (Å²) in [5, 5.41) is 3.59. The SMILES string of the molecule is O=C(NC1CCCC1)[C@H]1CCCN(S(=O)(=O)c2ccc(Cl)cc2)C1. The highest BCUT2D eigenvalue weighted by Crippen LogP contribution is 2.25. The third-order valence-electron chi connectivity index (χ3n) is 4.91. The average molecular weight is 371 g/mol. The Hall–Kier alpha value is -1.11. The second-order valence-electron chi connectivity index (χ2n) is 6.65. The number of amides is 1. The van der Waals surface area contributed by atoms with Crippen molar-refractivity contribution < 1.29 is 13.2 Å². The van der Waals surface area contributed by atoms with Crippen LogP contribution in [0.4, 0.5) is 0 Å². The standard InChI is InChI=1S/C17H23ClN2O3S/c18-14-7-9-16(10-8-14)24(22,23)20-11-3-4-13(12-20)17(21)19-15-5-1-2-6-15/h7-10,13,15H,1-6,11-12H2,(H,19,21)/t13-/m0/s1. The Morgan fingerprint density at radius 1 is 1.08 bits per heavy atom. The van der Waals surface area contributed by atoms with Gasteiger partial charge in [0.2, 0.25) is 15.9 Å². The number of sulfonamides is 1. The van der Waals surface area contributed by atoms with E-state index in [1.54, 1.807) is 12.1 Å². The predicted molar refractivity (Wildman–Crippen MR) is 93.3 cm³/mol. The molecule has 1 aliphatic heterocycles. The molecule has 1 aromatic carbocycles. The van der Waals surface area contributed by atoms with E-state index in [9.17, 15) is 13.2 Å². The Balaban J connectivity index is 1.68. The first-order valence-corrected chi connectivity index (χ1v) is 10.3. The molecule has 1 heterocycles. The van der Waals surface area contributed by atoms with E-state index in [4.69, 9.17) is 11.6 Å². The number of hydrogen-bond donors (Lipinski definition) is 1. The molecule has 1 N–H and O–H groups in total. The Labute approximate surface area is 148 Å². The highest BCUT2D eigenvalue weighted by Gasteiger charge is 2.34. The smallest absolute Gasteiger partial charge is 0.243 e. The lowest BCUT2D eigenvalue weighted by Crippen LogP contribution is -2.47. The molecular formula is C17H23ClN2O3S. The van der Waals surface area contributed by atoms with Crippen LogP contribution in [0.2, 0.25) is 5.02 Å². The molecule has 0 bridgehead atoms. The Morgan fingerprint density at radius 3 is 2.42 bits per heavy atom. The van der Waals surface area contributed by atoms with Gasteiger partial charge in [0.25, 0.3) is 0 Å². The van der Waals surface area contributed by atoms with Gasteiger partial charge < -0.3 is 5.32 Å². The zero-order valence-corrected chi connectivity index (χ0v) is 15.2. The Bertz CT molecular complexity index is 684. The molecule has 0 unspecified atom stereocenters. The van der Waals surface area contributed by atoms with E-state index in [1.807, 2.05) is 0 Å². The number of nitrogens with zero attached hydrogens (tertiary/aromatic N) is 1. The molecule has 3 rings (SSSR count). The largest absolute Gasteiger partial charge is 0.353 e. The molecule has 1 aliphatic carbocycles. The van der Waals surface area contributed by atoms with Gasteiger partial charge in [-0.1, -0.05) is 24.4 Å². The molecule has 1 amide bonds. The first kappa shape index (κ1) is 17.7. The van der Waals surface area contributed by atoms with Crippen LogP contribution >= 0.6 is 11.6 Å². The number of nitrogens with one attached hydrogen (secondary N) is 1. The molecule has 0 radical (unpaired) electrons. The lowest BCUT2D eigenvalue weighted by Gasteiger charge is -2.31. The molecule has 1 atom stereocenters. The molecule has 2 aliphatic rings. The number of benzene rings is 1. The van der Waals surface area contributed by atoms with Crippen molar-refractivity contribution in [2.24, 2.45) is 5.92 Å². The number of halogens is 1. The molecule has 1 saturated heterocycles. The van der Waals surface area contributed by atoms with Gasteiger partial charge in [0.1, 0.15) is 0 Å². The van der Waals surface area contributed by atoms with Crippen LogP contribution in [0.3, 0.4) is 0 Å². The topological polar surface area (TPSA) is 66.5 Å². The van der Waals surface area contributed by atoms with Crippen molar-refractivity contribution in [1.82, 2.24) is 9.62 Å². The lowest BCUT2D eigenvalue weighted by molar-refractivity contribution is -0.126. The van der Waals surface area contributed by atoms with E-state index in [0.29, 0.717) is 18.0 Å². The predicted octanol–water partition coefficient (Wildman–Crippen LogP) is 2.80. The third-order valence-corrected chi connectivity index (χ3v) is 7.04. The number of rotatable bonds is 4. The van der Waals surface area contributed by atoms with Gasteiger partial charge in [-0.05, 0) is 49.9 Å². The summed E-state index contributed by atoms with van der Waals surface area (Å²) in [5.74, 6) is -0.265. The average Bonchev–Trinajstić information content (AvgIpc) is 3.08. The van der Waals surface area contributed by atoms with Crippen LogP contribution in [0.5, 0.6) is 0 Å². The fourth-order valence-corrected chi connectivity index (χ4v) is 5.17. The number of carbonyl (C=O) groups is 1. The minimum Gasteiger partial charge on any atom is -0.353 e. The second-order valence-corrected chi connectivity index (χ2v) is 9.02. The second kappa shape index (κ2) is 7.42. The van der Waals surface area contributed by atoms with Crippen molar-refractivity contribution in [3.8, 4) is 0 Å². The monoisotopic (exact) mass is 370 g/mol. The van der Waals surface area contributed by atoms with Gasteiger partial charge >= 0.3 is 0 Å². The highest BCUT2D eigenvalue weighted by atomic mass is 35.5. The molecule has 0 spiro atoms. The van der Waals surface area contributed by atoms with Crippen LogP contribution in [0.1, 0.15) is 38.5 Å². The molecule has 0 aromatic heterocycles. The zero-order chi connectivity index (χ0) is 17.2. The van der Waals surface area contributed by atoms with Gasteiger partial charge in [0.05, 0.1) is 10.8 Å². The minimum atomic E-state index is -3.58. The Kier molecular flexibility index (Phi) is 5.47. The summed E-state index contributed by atoms with van der Waals surface area (Å²) in [5.41, 5.74) is 0. The normalized spacial score (nSPS) is 23.3. The fourth-order valence-electron chi connectivity index (χ4n) is 3.52. The lowest BCUT2D eigenvalue weighted by atomic mass is 9.98. The van der Waals surface area contributed by atoms with Crippen molar-refractivity contribution in [2.45, 2.75) is 49.5 Å². The Morgan fingerprint density at radius 2 is 1.75 bits per heavy atom. The summed E-state index contributed by atoms with van der Waals surface area (Å²) in [4.78, 5) is 12.7. The first-order valence-electron chi connectivity index (χ1n) is 8.53. The fraction of sp³-hybridized carbons (Fsp3) is 0.588. The van der Waals surface area contributed by atoms with E-state index < -0.39 is 10.0 Å². The minimum absolute atomic E-state index is 0.00194. The maximum absolute atomic E-state index is 12.8. The number of carbonyl (C=O) groups excluding carboxylic acids is 1. The summed E-state index contributed by atoms with van der Waals surface area (Å²) in [6.07, 6.45) is 5.83. The van der Waals surface area contributed by atoms with Crippen LogP contribution < -0.4 is 5.32 Å². The zero-order valence-electron chi connectivity index (χ0n) is 13.6. The van der Waals surface area contributed by atoms with Crippen molar-refractivity contribution >= 4 is 27.5 Å². The van der Waals surface area contributed by atoms with E-state index in [2.05, 4.69) is 5.32 Å². The molecule has 132 valence electrons. The first-order chi connectivity index (χ1) is 11.5. The van der Waals surface area contributed by atoms with Crippen molar-refractivity contribution in [3.05, 3.63) is 29.3 Å². The summed E-state index contributed by atoms with van der Waals surface area (Å²) >= 11 is 5.83. The van der Waals surface area contributed by atoms with Crippen LogP contribution in [-0.4, -0.2) is 37.8 Å². The van der Waals surface area contributed by atoms with Crippen molar-refractivity contribution in [2.75, 3.05) is 13.1 Å². The van der Waals surface area contributed by atoms with Gasteiger partial charge in [-0.3, -0.25) is 4.79 Å². The van der Waals surface area contributed by atoms with Gasteiger partial charge in [-0.25, -0.2) is 8.42 Å². The van der Waals surface area contributed by atoms with Crippen LogP contribution in [0, 0.1) is 5.92 Å². The van der Waals surface area contributed by atoms with Gasteiger partial charge in [-0.2, -0.15) is 4.31 Å². The van der Waals surface area contributed by atoms with E-state index >= 15 is 0 Å². The van der Waals surface area contributed by atoms with E-state index in [0.717, 1.165) is 32.1 Å². The molecular weight excluding hydrogens is 348 g/mol. The van der Waals surface area contributed by atoms with Crippen LogP contribution in [-0.2, 0) is 14.8 Å². The van der Waals surface area contributed by atoms with Gasteiger partial charge in [0, 0.05) is 24.2 Å². The summed E-state index contributed by atoms with van der Waals surface area (Å²) < 4.78 is 27.0. The van der Waals surface area contributed by atoms with Crippen LogP contribution in [0.15, 0.2) is 29.2 Å². The summed E-state index contributed by atoms with van der Waals surface area (Å²) in [6.45, 7) is 0.710. The quantitative estimate of drug-likeness (QED) is 0.886.